The number of nitrogens with one attached hydrogen (secondary N) is 2. The number of aliphatic hydroxyl groups is 1. The molecule has 1 aromatic heterocycles. The van der Waals surface area contributed by atoms with Gasteiger partial charge in [0.2, 0.25) is 0 Å². The molecular formula is C22H25F2N3O4S. The first-order valence-corrected chi connectivity index (χ1v) is 10.9. The van der Waals surface area contributed by atoms with E-state index in [2.05, 4.69) is 9.97 Å². The Morgan fingerprint density at radius 2 is 1.94 bits per heavy atom. The summed E-state index contributed by atoms with van der Waals surface area (Å²) in [4.78, 5) is 31.6. The topological polar surface area (TPSA) is 98.4 Å². The van der Waals surface area contributed by atoms with Gasteiger partial charge in [0.25, 0.3) is 5.56 Å². The molecular weight excluding hydrogens is 440 g/mol. The Morgan fingerprint density at radius 3 is 2.59 bits per heavy atom. The normalized spacial score (nSPS) is 12.6. The standard InChI is InChI=1S/C22H25F2N3O4S/c1-12-8-16-19(25-22(30)26-21(16)29)20(18(12)15-5-4-13(23)9-17(15)24)32-11-14(10-28)31-7-6-27(2)3/h4-5,8-9,14,28H,6-7,10-11H2,1-3H3,(H2,25,26,29,30)/t14-/m0/s1. The van der Waals surface area contributed by atoms with Crippen LogP contribution in [0.1, 0.15) is 5.56 Å². The van der Waals surface area contributed by atoms with Gasteiger partial charge in [-0.15, -0.1) is 11.8 Å². The molecule has 0 amide bonds. The minimum Gasteiger partial charge on any atom is -0.394 e. The van der Waals surface area contributed by atoms with E-state index in [0.29, 0.717) is 29.2 Å². The molecule has 1 atom stereocenters. The van der Waals surface area contributed by atoms with E-state index < -0.39 is 29.0 Å². The Kier molecular flexibility index (Phi) is 7.83. The summed E-state index contributed by atoms with van der Waals surface area (Å²) in [5.74, 6) is -1.19. The smallest absolute Gasteiger partial charge is 0.326 e. The predicted octanol–water partition coefficient (Wildman–Crippen LogP) is 2.50. The maximum Gasteiger partial charge on any atom is 0.326 e. The molecule has 0 saturated carbocycles. The maximum atomic E-state index is 14.7. The first-order valence-electron chi connectivity index (χ1n) is 9.96. The van der Waals surface area contributed by atoms with Gasteiger partial charge in [-0.05, 0) is 44.8 Å². The Bertz CT molecular complexity index is 1230. The SMILES string of the molecule is Cc1cc2c(=O)[nH]c(=O)[nH]c2c(SC[C@H](CO)OCCN(C)C)c1-c1ccc(F)cc1F. The summed E-state index contributed by atoms with van der Waals surface area (Å²) in [6, 6.07) is 4.82. The highest BCUT2D eigenvalue weighted by Crippen LogP contribution is 2.39. The lowest BCUT2D eigenvalue weighted by Crippen LogP contribution is -2.26. The molecule has 0 spiro atoms. The van der Waals surface area contributed by atoms with Crippen LogP contribution in [0.15, 0.2) is 38.8 Å². The van der Waals surface area contributed by atoms with Crippen LogP contribution in [0.3, 0.4) is 0 Å². The fraction of sp³-hybridized carbons (Fsp3) is 0.364. The molecule has 3 N–H and O–H groups in total. The van der Waals surface area contributed by atoms with E-state index in [1.165, 1.54) is 17.8 Å². The van der Waals surface area contributed by atoms with Crippen molar-refractivity contribution in [3.63, 3.8) is 0 Å². The molecule has 0 bridgehead atoms. The van der Waals surface area contributed by atoms with Gasteiger partial charge in [0.15, 0.2) is 0 Å². The number of benzene rings is 2. The number of hydrogen-bond donors (Lipinski definition) is 3. The van der Waals surface area contributed by atoms with Crippen LogP contribution in [0.4, 0.5) is 8.78 Å². The molecule has 3 rings (SSSR count). The second-order valence-corrected chi connectivity index (χ2v) is 8.67. The fourth-order valence-electron chi connectivity index (χ4n) is 3.31. The molecule has 3 aromatic rings. The van der Waals surface area contributed by atoms with E-state index in [1.807, 2.05) is 19.0 Å². The van der Waals surface area contributed by atoms with Gasteiger partial charge in [-0.2, -0.15) is 0 Å². The summed E-state index contributed by atoms with van der Waals surface area (Å²) in [6.07, 6.45) is -0.518. The van der Waals surface area contributed by atoms with Crippen LogP contribution in [0.5, 0.6) is 0 Å². The van der Waals surface area contributed by atoms with Crippen LogP contribution in [0.25, 0.3) is 22.0 Å². The van der Waals surface area contributed by atoms with Gasteiger partial charge in [-0.3, -0.25) is 9.78 Å². The highest BCUT2D eigenvalue weighted by Gasteiger charge is 2.21. The van der Waals surface area contributed by atoms with Crippen molar-refractivity contribution in [2.45, 2.75) is 17.9 Å². The summed E-state index contributed by atoms with van der Waals surface area (Å²) < 4.78 is 33.9. The molecule has 0 fully saturated rings. The quantitative estimate of drug-likeness (QED) is 0.420. The number of H-pyrrole nitrogens is 2. The monoisotopic (exact) mass is 465 g/mol. The summed E-state index contributed by atoms with van der Waals surface area (Å²) in [5.41, 5.74) is 0.144. The van der Waals surface area contributed by atoms with Crippen LogP contribution in [-0.4, -0.2) is 65.7 Å². The Labute approximate surface area is 187 Å². The maximum absolute atomic E-state index is 14.7. The summed E-state index contributed by atoms with van der Waals surface area (Å²) in [5, 5.41) is 9.96. The van der Waals surface area contributed by atoms with Crippen LogP contribution >= 0.6 is 11.8 Å². The fourth-order valence-corrected chi connectivity index (χ4v) is 4.58. The second kappa shape index (κ2) is 10.4. The van der Waals surface area contributed by atoms with Crippen molar-refractivity contribution >= 4 is 22.7 Å². The molecule has 172 valence electrons. The number of aryl methyl sites for hydroxylation is 1. The first-order chi connectivity index (χ1) is 15.2. The van der Waals surface area contributed by atoms with Crippen molar-refractivity contribution < 1.29 is 18.6 Å². The van der Waals surface area contributed by atoms with Crippen molar-refractivity contribution in [2.75, 3.05) is 39.6 Å². The number of likely N-dealkylation sites (N-methyl/N-ethyl adjacent to an activating group) is 1. The Balaban J connectivity index is 2.10. The lowest BCUT2D eigenvalue weighted by atomic mass is 9.98. The van der Waals surface area contributed by atoms with Gasteiger partial charge in [0, 0.05) is 34.4 Å². The van der Waals surface area contributed by atoms with Crippen LogP contribution in [0, 0.1) is 18.6 Å². The molecule has 7 nitrogen and oxygen atoms in total. The molecule has 1 heterocycles. The molecule has 10 heteroatoms. The number of ether oxygens (including phenoxy) is 1. The van der Waals surface area contributed by atoms with E-state index in [-0.39, 0.29) is 28.8 Å². The third-order valence-corrected chi connectivity index (χ3v) is 6.13. The average Bonchev–Trinajstić information content (AvgIpc) is 2.71. The van der Waals surface area contributed by atoms with E-state index in [9.17, 15) is 23.5 Å². The largest absolute Gasteiger partial charge is 0.394 e. The number of thioether (sulfide) groups is 1. The summed E-state index contributed by atoms with van der Waals surface area (Å²) >= 11 is 1.23. The number of aliphatic hydroxyl groups excluding tert-OH is 1. The number of rotatable bonds is 9. The third-order valence-electron chi connectivity index (χ3n) is 4.90. The molecule has 32 heavy (non-hydrogen) atoms. The lowest BCUT2D eigenvalue weighted by molar-refractivity contribution is 0.0216. The number of aromatic amines is 2. The zero-order valence-corrected chi connectivity index (χ0v) is 18.8. The predicted molar refractivity (Wildman–Crippen MR) is 121 cm³/mol. The molecule has 0 radical (unpaired) electrons. The van der Waals surface area contributed by atoms with E-state index in [4.69, 9.17) is 4.74 Å². The minimum atomic E-state index is -0.762. The number of nitrogens with zero attached hydrogens (tertiary/aromatic N) is 1. The van der Waals surface area contributed by atoms with Crippen molar-refractivity contribution in [3.8, 4) is 11.1 Å². The second-order valence-electron chi connectivity index (χ2n) is 7.64. The molecule has 0 aliphatic carbocycles. The zero-order valence-electron chi connectivity index (χ0n) is 18.0. The molecule has 0 saturated heterocycles. The van der Waals surface area contributed by atoms with Crippen LogP contribution in [0.2, 0.25) is 0 Å². The number of halogens is 2. The Morgan fingerprint density at radius 1 is 1.19 bits per heavy atom. The average molecular weight is 466 g/mol. The molecule has 0 aliphatic rings. The molecule has 0 unspecified atom stereocenters. The highest BCUT2D eigenvalue weighted by atomic mass is 32.2. The van der Waals surface area contributed by atoms with Gasteiger partial charge < -0.3 is 19.7 Å². The van der Waals surface area contributed by atoms with Crippen molar-refractivity contribution in [1.82, 2.24) is 14.9 Å². The van der Waals surface area contributed by atoms with Crippen LogP contribution in [-0.2, 0) is 4.74 Å². The van der Waals surface area contributed by atoms with E-state index in [0.717, 1.165) is 12.1 Å². The highest BCUT2D eigenvalue weighted by molar-refractivity contribution is 7.99. The number of fused-ring (bicyclic) bond motifs is 1. The van der Waals surface area contributed by atoms with Crippen molar-refractivity contribution in [1.29, 1.82) is 0 Å². The number of aromatic nitrogens is 2. The summed E-state index contributed by atoms with van der Waals surface area (Å²) in [7, 11) is 3.81. The summed E-state index contributed by atoms with van der Waals surface area (Å²) in [6.45, 7) is 2.55. The zero-order chi connectivity index (χ0) is 23.4. The lowest BCUT2D eigenvalue weighted by Gasteiger charge is -2.20. The van der Waals surface area contributed by atoms with Gasteiger partial charge in [-0.25, -0.2) is 13.6 Å². The third kappa shape index (κ3) is 5.44. The van der Waals surface area contributed by atoms with Gasteiger partial charge in [0.05, 0.1) is 30.2 Å². The minimum absolute atomic E-state index is 0.142. The van der Waals surface area contributed by atoms with E-state index in [1.54, 1.807) is 13.0 Å². The van der Waals surface area contributed by atoms with Gasteiger partial charge >= 0.3 is 5.69 Å². The van der Waals surface area contributed by atoms with Crippen molar-refractivity contribution in [3.05, 3.63) is 62.3 Å². The van der Waals surface area contributed by atoms with E-state index >= 15 is 0 Å². The molecule has 0 aliphatic heterocycles. The molecule has 2 aromatic carbocycles. The van der Waals surface area contributed by atoms with Gasteiger partial charge in [-0.1, -0.05) is 0 Å². The van der Waals surface area contributed by atoms with Crippen LogP contribution < -0.4 is 11.2 Å². The van der Waals surface area contributed by atoms with Crippen molar-refractivity contribution in [2.24, 2.45) is 0 Å². The van der Waals surface area contributed by atoms with Gasteiger partial charge in [0.1, 0.15) is 11.6 Å². The first kappa shape index (κ1) is 24.1. The number of hydrogen-bond acceptors (Lipinski definition) is 6. The Hall–Kier alpha value is -2.53.